The third-order valence-electron chi connectivity index (χ3n) is 8.36. The molecule has 0 unspecified atom stereocenters. The first-order chi connectivity index (χ1) is 22.0. The van der Waals surface area contributed by atoms with Crippen LogP contribution in [0.4, 0.5) is 0 Å². The van der Waals surface area contributed by atoms with Gasteiger partial charge in [-0.1, -0.05) is 25.7 Å². The number of ether oxygens (including phenoxy) is 7. The van der Waals surface area contributed by atoms with E-state index in [0.717, 1.165) is 32.1 Å². The number of hydrogen-bond donors (Lipinski definition) is 10. The van der Waals surface area contributed by atoms with Crippen molar-refractivity contribution in [3.05, 3.63) is 0 Å². The van der Waals surface area contributed by atoms with Gasteiger partial charge in [0.05, 0.1) is 26.9 Å². The van der Waals surface area contributed by atoms with Gasteiger partial charge >= 0.3 is 5.97 Å². The summed E-state index contributed by atoms with van der Waals surface area (Å²) in [5.74, 6) is -0.248. The number of aliphatic hydroxyl groups is 10. The second-order valence-corrected chi connectivity index (χ2v) is 11.6. The largest absolute Gasteiger partial charge is 0.469 e. The molecule has 15 atom stereocenters. The fourth-order valence-electron chi connectivity index (χ4n) is 5.53. The highest BCUT2D eigenvalue weighted by Gasteiger charge is 2.54. The minimum atomic E-state index is -1.89. The normalized spacial score (nSPS) is 41.8. The van der Waals surface area contributed by atoms with E-state index >= 15 is 0 Å². The molecule has 3 aliphatic heterocycles. The van der Waals surface area contributed by atoms with Crippen LogP contribution in [0.15, 0.2) is 0 Å². The van der Waals surface area contributed by atoms with E-state index in [1.807, 2.05) is 0 Å². The van der Waals surface area contributed by atoms with Gasteiger partial charge < -0.3 is 84.2 Å². The van der Waals surface area contributed by atoms with Crippen molar-refractivity contribution in [1.82, 2.24) is 0 Å². The van der Waals surface area contributed by atoms with Crippen molar-refractivity contribution < 1.29 is 89.0 Å². The molecule has 3 fully saturated rings. The molecule has 0 aromatic carbocycles. The second kappa shape index (κ2) is 19.1. The van der Waals surface area contributed by atoms with Crippen LogP contribution in [0.2, 0.25) is 0 Å². The lowest BCUT2D eigenvalue weighted by atomic mass is 9.96. The zero-order valence-electron chi connectivity index (χ0n) is 25.7. The summed E-state index contributed by atoms with van der Waals surface area (Å²) in [6, 6.07) is 0. The highest BCUT2D eigenvalue weighted by atomic mass is 16.8. The van der Waals surface area contributed by atoms with E-state index in [-0.39, 0.29) is 12.6 Å². The first kappa shape index (κ1) is 39.3. The van der Waals surface area contributed by atoms with E-state index in [9.17, 15) is 55.9 Å². The first-order valence-electron chi connectivity index (χ1n) is 15.5. The van der Waals surface area contributed by atoms with Gasteiger partial charge in [-0.3, -0.25) is 4.79 Å². The summed E-state index contributed by atoms with van der Waals surface area (Å²) in [6.45, 7) is -2.12. The fourth-order valence-corrected chi connectivity index (χ4v) is 5.53. The summed E-state index contributed by atoms with van der Waals surface area (Å²) in [5.41, 5.74) is 0. The maximum Gasteiger partial charge on any atom is 0.305 e. The predicted molar refractivity (Wildman–Crippen MR) is 149 cm³/mol. The standard InChI is InChI=1S/C28H50O18/c1-40-16(32)8-6-4-2-3-5-7-9-41-26-23(39)24(19(35)15(12-31)42-26)45-28-25(21(37)18(34)14(11-30)44-28)46-27-22(38)20(36)17(33)13(10-29)43-27/h13-15,17-31,33-39H,2-12H2,1H3/t13-,14-,15-,17-,18-,19-,20+,21+,22-,23-,24+,25-,26+,27+,28+/m1/s1. The Hall–Kier alpha value is -1.17. The van der Waals surface area contributed by atoms with Gasteiger partial charge in [0.15, 0.2) is 18.9 Å². The van der Waals surface area contributed by atoms with Crippen molar-refractivity contribution in [1.29, 1.82) is 0 Å². The number of carbonyl (C=O) groups is 1. The lowest BCUT2D eigenvalue weighted by Crippen LogP contribution is -2.67. The van der Waals surface area contributed by atoms with E-state index in [0.29, 0.717) is 12.8 Å². The molecule has 46 heavy (non-hydrogen) atoms. The number of esters is 1. The maximum atomic E-state index is 11.2. The van der Waals surface area contributed by atoms with Crippen molar-refractivity contribution in [2.45, 2.75) is 137 Å². The molecule has 18 nitrogen and oxygen atoms in total. The summed E-state index contributed by atoms with van der Waals surface area (Å²) in [7, 11) is 1.35. The van der Waals surface area contributed by atoms with Crippen LogP contribution in [-0.2, 0) is 38.0 Å². The molecule has 0 spiro atoms. The van der Waals surface area contributed by atoms with Gasteiger partial charge in [-0.25, -0.2) is 0 Å². The van der Waals surface area contributed by atoms with Gasteiger partial charge in [0.25, 0.3) is 0 Å². The second-order valence-electron chi connectivity index (χ2n) is 11.6. The third-order valence-corrected chi connectivity index (χ3v) is 8.36. The SMILES string of the molecule is COC(=O)CCCCCCCCO[C@H]1O[C@H](CO)[C@@H](O)[C@H](O[C@@H]2O[C@H](CO)[C@@H](O)[C@H](O)[C@H]2O[C@@H]2O[C@H](CO)[C@@H](O)[C@H](O)[C@H]2O)[C@H]1O. The van der Waals surface area contributed by atoms with Gasteiger partial charge in [0.2, 0.25) is 0 Å². The van der Waals surface area contributed by atoms with Crippen molar-refractivity contribution in [2.75, 3.05) is 33.5 Å². The van der Waals surface area contributed by atoms with Crippen LogP contribution in [0.3, 0.4) is 0 Å². The summed E-state index contributed by atoms with van der Waals surface area (Å²) in [4.78, 5) is 11.2. The Balaban J connectivity index is 1.64. The molecule has 0 bridgehead atoms. The van der Waals surface area contributed by atoms with E-state index in [4.69, 9.17) is 28.4 Å². The zero-order valence-corrected chi connectivity index (χ0v) is 25.7. The Labute approximate surface area is 265 Å². The highest BCUT2D eigenvalue weighted by Crippen LogP contribution is 2.33. The highest BCUT2D eigenvalue weighted by molar-refractivity contribution is 5.68. The maximum absolute atomic E-state index is 11.2. The van der Waals surface area contributed by atoms with E-state index in [1.54, 1.807) is 0 Å². The molecule has 0 saturated carbocycles. The molecule has 3 saturated heterocycles. The Kier molecular flexibility index (Phi) is 16.3. The van der Waals surface area contributed by atoms with Gasteiger partial charge in [-0.15, -0.1) is 0 Å². The minimum Gasteiger partial charge on any atom is -0.469 e. The number of aliphatic hydroxyl groups excluding tert-OH is 10. The van der Waals surface area contributed by atoms with E-state index in [2.05, 4.69) is 4.74 Å². The molecular formula is C28H50O18. The zero-order chi connectivity index (χ0) is 34.0. The summed E-state index contributed by atoms with van der Waals surface area (Å²) in [6.07, 6.45) is -19.7. The van der Waals surface area contributed by atoms with Crippen LogP contribution in [-0.4, -0.2) is 183 Å². The summed E-state index contributed by atoms with van der Waals surface area (Å²) >= 11 is 0. The topological polar surface area (TPSA) is 284 Å². The Morgan fingerprint density at radius 3 is 1.65 bits per heavy atom. The number of rotatable bonds is 17. The Morgan fingerprint density at radius 2 is 1.04 bits per heavy atom. The first-order valence-corrected chi connectivity index (χ1v) is 15.5. The van der Waals surface area contributed by atoms with Crippen molar-refractivity contribution in [2.24, 2.45) is 0 Å². The Morgan fingerprint density at radius 1 is 0.543 bits per heavy atom. The molecule has 10 N–H and O–H groups in total. The quantitative estimate of drug-likeness (QED) is 0.0513. The molecule has 0 radical (unpaired) electrons. The molecule has 0 amide bonds. The summed E-state index contributed by atoms with van der Waals surface area (Å²) in [5, 5.41) is 103. The van der Waals surface area contributed by atoms with Crippen LogP contribution in [0.25, 0.3) is 0 Å². The lowest BCUT2D eigenvalue weighted by Gasteiger charge is -2.48. The lowest BCUT2D eigenvalue weighted by molar-refractivity contribution is -0.389. The van der Waals surface area contributed by atoms with Gasteiger partial charge in [0.1, 0.15) is 73.2 Å². The van der Waals surface area contributed by atoms with Crippen molar-refractivity contribution >= 4 is 5.97 Å². The van der Waals surface area contributed by atoms with Gasteiger partial charge in [0, 0.05) is 13.0 Å². The third kappa shape index (κ3) is 9.94. The van der Waals surface area contributed by atoms with Crippen molar-refractivity contribution in [3.8, 4) is 0 Å². The molecule has 18 heteroatoms. The molecule has 0 aromatic rings. The molecule has 3 heterocycles. The minimum absolute atomic E-state index is 0.144. The summed E-state index contributed by atoms with van der Waals surface area (Å²) < 4.78 is 38.2. The average molecular weight is 675 g/mol. The molecule has 3 rings (SSSR count). The molecule has 0 aromatic heterocycles. The number of methoxy groups -OCH3 is 1. The van der Waals surface area contributed by atoms with Crippen LogP contribution >= 0.6 is 0 Å². The molecule has 0 aliphatic carbocycles. The van der Waals surface area contributed by atoms with Gasteiger partial charge in [-0.05, 0) is 12.8 Å². The van der Waals surface area contributed by atoms with Crippen LogP contribution in [0.1, 0.15) is 44.9 Å². The van der Waals surface area contributed by atoms with Crippen LogP contribution < -0.4 is 0 Å². The van der Waals surface area contributed by atoms with Crippen LogP contribution in [0.5, 0.6) is 0 Å². The van der Waals surface area contributed by atoms with Crippen LogP contribution in [0, 0.1) is 0 Å². The fraction of sp³-hybridized carbons (Fsp3) is 0.964. The smallest absolute Gasteiger partial charge is 0.305 e. The predicted octanol–water partition coefficient (Wildman–Crippen LogP) is -4.64. The Bertz CT molecular complexity index is 881. The molecular weight excluding hydrogens is 624 g/mol. The van der Waals surface area contributed by atoms with Crippen molar-refractivity contribution in [3.63, 3.8) is 0 Å². The number of hydrogen-bond acceptors (Lipinski definition) is 18. The van der Waals surface area contributed by atoms with E-state index < -0.39 is 112 Å². The average Bonchev–Trinajstić information content (AvgIpc) is 3.05. The van der Waals surface area contributed by atoms with Gasteiger partial charge in [-0.2, -0.15) is 0 Å². The number of carbonyl (C=O) groups excluding carboxylic acids is 1. The monoisotopic (exact) mass is 674 g/mol. The number of unbranched alkanes of at least 4 members (excludes halogenated alkanes) is 5. The molecule has 3 aliphatic rings. The molecule has 270 valence electrons. The van der Waals surface area contributed by atoms with E-state index in [1.165, 1.54) is 7.11 Å².